The third-order valence-electron chi connectivity index (χ3n) is 2.23. The van der Waals surface area contributed by atoms with Gasteiger partial charge in [0.1, 0.15) is 0 Å². The van der Waals surface area contributed by atoms with E-state index in [0.717, 1.165) is 18.5 Å². The van der Waals surface area contributed by atoms with Gasteiger partial charge in [-0.1, -0.05) is 0 Å². The highest BCUT2D eigenvalue weighted by Crippen LogP contribution is 2.22. The molecule has 0 unspecified atom stereocenters. The van der Waals surface area contributed by atoms with Crippen LogP contribution in [0.2, 0.25) is 0 Å². The molecule has 1 aliphatic heterocycles. The molecule has 0 saturated carbocycles. The summed E-state index contributed by atoms with van der Waals surface area (Å²) < 4.78 is 0. The van der Waals surface area contributed by atoms with Crippen LogP contribution in [0.5, 0.6) is 0 Å². The number of hydrogen-bond acceptors (Lipinski definition) is 3. The number of aromatic nitrogens is 1. The molecule has 4 heteroatoms. The van der Waals surface area contributed by atoms with Gasteiger partial charge in [-0.3, -0.25) is 4.98 Å². The smallest absolute Gasteiger partial charge is 0.337 e. The topological polar surface area (TPSA) is 62.2 Å². The van der Waals surface area contributed by atoms with Crippen molar-refractivity contribution in [3.63, 3.8) is 0 Å². The summed E-state index contributed by atoms with van der Waals surface area (Å²) in [6.07, 6.45) is 4.14. The van der Waals surface area contributed by atoms with Crippen LogP contribution in [0.1, 0.15) is 28.4 Å². The first kappa shape index (κ1) is 8.19. The van der Waals surface area contributed by atoms with E-state index in [2.05, 4.69) is 10.3 Å². The van der Waals surface area contributed by atoms with Crippen molar-refractivity contribution in [3.05, 3.63) is 29.6 Å². The summed E-state index contributed by atoms with van der Waals surface area (Å²) in [6.45, 7) is 1.00. The Labute approximate surface area is 75.6 Å². The second-order valence-corrected chi connectivity index (χ2v) is 3.11. The van der Waals surface area contributed by atoms with E-state index >= 15 is 0 Å². The van der Waals surface area contributed by atoms with Gasteiger partial charge in [0.15, 0.2) is 0 Å². The molecular formula is C9H10N2O2. The highest BCUT2D eigenvalue weighted by atomic mass is 16.4. The van der Waals surface area contributed by atoms with Crippen LogP contribution in [0.3, 0.4) is 0 Å². The zero-order chi connectivity index (χ0) is 9.26. The fourth-order valence-corrected chi connectivity index (χ4v) is 1.34. The maximum Gasteiger partial charge on any atom is 0.337 e. The predicted molar refractivity (Wildman–Crippen MR) is 46.6 cm³/mol. The van der Waals surface area contributed by atoms with Crippen LogP contribution in [0, 0.1) is 0 Å². The van der Waals surface area contributed by atoms with Crippen LogP contribution in [-0.2, 0) is 0 Å². The lowest BCUT2D eigenvalue weighted by molar-refractivity contribution is 0.0696. The number of nitrogens with zero attached hydrogens (tertiary/aromatic N) is 1. The van der Waals surface area contributed by atoms with E-state index in [1.807, 2.05) is 0 Å². The molecule has 68 valence electrons. The molecule has 1 aromatic rings. The molecule has 0 bridgehead atoms. The van der Waals surface area contributed by atoms with Crippen molar-refractivity contribution in [2.75, 3.05) is 6.54 Å². The van der Waals surface area contributed by atoms with E-state index in [0.29, 0.717) is 6.04 Å². The van der Waals surface area contributed by atoms with Crippen molar-refractivity contribution in [2.24, 2.45) is 0 Å². The largest absolute Gasteiger partial charge is 0.478 e. The van der Waals surface area contributed by atoms with Crippen LogP contribution in [0.4, 0.5) is 0 Å². The predicted octanol–water partition coefficient (Wildman–Crippen LogP) is 0.814. The molecule has 1 fully saturated rings. The minimum absolute atomic E-state index is 0.256. The lowest BCUT2D eigenvalue weighted by Gasteiger charge is -2.27. The second kappa shape index (κ2) is 3.14. The fourth-order valence-electron chi connectivity index (χ4n) is 1.34. The second-order valence-electron chi connectivity index (χ2n) is 3.11. The Kier molecular flexibility index (Phi) is 1.98. The summed E-state index contributed by atoms with van der Waals surface area (Å²) in [5, 5.41) is 11.9. The number of rotatable bonds is 2. The van der Waals surface area contributed by atoms with Crippen molar-refractivity contribution in [1.29, 1.82) is 0 Å². The Morgan fingerprint density at radius 2 is 2.38 bits per heavy atom. The standard InChI is InChI=1S/C9H10N2O2/c12-9(13)7-3-6(4-10-5-7)8-1-2-11-8/h3-5,8,11H,1-2H2,(H,12,13)/t8-/m0/s1. The van der Waals surface area contributed by atoms with Crippen molar-refractivity contribution >= 4 is 5.97 Å². The zero-order valence-electron chi connectivity index (χ0n) is 7.03. The Morgan fingerprint density at radius 3 is 2.92 bits per heavy atom. The van der Waals surface area contributed by atoms with Gasteiger partial charge < -0.3 is 10.4 Å². The summed E-state index contributed by atoms with van der Waals surface area (Å²) in [5.41, 5.74) is 1.22. The van der Waals surface area contributed by atoms with E-state index < -0.39 is 5.97 Å². The number of aromatic carboxylic acids is 1. The van der Waals surface area contributed by atoms with E-state index in [4.69, 9.17) is 5.11 Å². The Balaban J connectivity index is 2.26. The Hall–Kier alpha value is -1.42. The molecule has 1 aliphatic rings. The minimum Gasteiger partial charge on any atom is -0.478 e. The van der Waals surface area contributed by atoms with E-state index in [9.17, 15) is 4.79 Å². The molecule has 2 heterocycles. The van der Waals surface area contributed by atoms with Crippen LogP contribution in [0.25, 0.3) is 0 Å². The van der Waals surface area contributed by atoms with Gasteiger partial charge in [-0.25, -0.2) is 4.79 Å². The van der Waals surface area contributed by atoms with Gasteiger partial charge >= 0.3 is 5.97 Å². The molecule has 1 atom stereocenters. The summed E-state index contributed by atoms with van der Waals surface area (Å²) in [7, 11) is 0. The molecule has 0 spiro atoms. The van der Waals surface area contributed by atoms with Crippen molar-refractivity contribution in [1.82, 2.24) is 10.3 Å². The number of pyridine rings is 1. The van der Waals surface area contributed by atoms with Gasteiger partial charge in [0.05, 0.1) is 5.56 Å². The van der Waals surface area contributed by atoms with Gasteiger partial charge in [0, 0.05) is 18.4 Å². The summed E-state index contributed by atoms with van der Waals surface area (Å²) in [5.74, 6) is -0.923. The van der Waals surface area contributed by atoms with Gasteiger partial charge in [0.2, 0.25) is 0 Å². The molecular weight excluding hydrogens is 168 g/mol. The average molecular weight is 178 g/mol. The summed E-state index contributed by atoms with van der Waals surface area (Å²) >= 11 is 0. The molecule has 0 aliphatic carbocycles. The lowest BCUT2D eigenvalue weighted by atomic mass is 9.99. The summed E-state index contributed by atoms with van der Waals surface area (Å²) in [4.78, 5) is 14.5. The first-order valence-electron chi connectivity index (χ1n) is 4.19. The van der Waals surface area contributed by atoms with Gasteiger partial charge in [-0.15, -0.1) is 0 Å². The quantitative estimate of drug-likeness (QED) is 0.703. The maximum atomic E-state index is 10.6. The zero-order valence-corrected chi connectivity index (χ0v) is 7.03. The molecule has 0 aromatic carbocycles. The molecule has 2 rings (SSSR count). The first-order valence-corrected chi connectivity index (χ1v) is 4.19. The minimum atomic E-state index is -0.923. The maximum absolute atomic E-state index is 10.6. The Bertz CT molecular complexity index is 334. The van der Waals surface area contributed by atoms with Crippen molar-refractivity contribution in [2.45, 2.75) is 12.5 Å². The van der Waals surface area contributed by atoms with Crippen molar-refractivity contribution in [3.8, 4) is 0 Å². The number of carboxylic acid groups (broad SMARTS) is 1. The highest BCUT2D eigenvalue weighted by Gasteiger charge is 2.19. The molecule has 1 saturated heterocycles. The normalized spacial score (nSPS) is 20.8. The van der Waals surface area contributed by atoms with Crippen LogP contribution >= 0.6 is 0 Å². The van der Waals surface area contributed by atoms with Crippen molar-refractivity contribution < 1.29 is 9.90 Å². The Morgan fingerprint density at radius 1 is 1.62 bits per heavy atom. The highest BCUT2D eigenvalue weighted by molar-refractivity contribution is 5.87. The number of nitrogens with one attached hydrogen (secondary N) is 1. The van der Waals surface area contributed by atoms with Crippen LogP contribution in [0.15, 0.2) is 18.5 Å². The average Bonchev–Trinajstić information content (AvgIpc) is 2.01. The monoisotopic (exact) mass is 178 g/mol. The lowest BCUT2D eigenvalue weighted by Crippen LogP contribution is -2.35. The third-order valence-corrected chi connectivity index (χ3v) is 2.23. The number of carbonyl (C=O) groups is 1. The van der Waals surface area contributed by atoms with Crippen LogP contribution in [-0.4, -0.2) is 22.6 Å². The van der Waals surface area contributed by atoms with Gasteiger partial charge in [-0.05, 0) is 24.6 Å². The molecule has 0 amide bonds. The first-order chi connectivity index (χ1) is 6.27. The van der Waals surface area contributed by atoms with Gasteiger partial charge in [0.25, 0.3) is 0 Å². The summed E-state index contributed by atoms with van der Waals surface area (Å²) in [6, 6.07) is 1.97. The van der Waals surface area contributed by atoms with E-state index in [1.165, 1.54) is 6.20 Å². The molecule has 13 heavy (non-hydrogen) atoms. The van der Waals surface area contributed by atoms with E-state index in [-0.39, 0.29) is 5.56 Å². The SMILES string of the molecule is O=C(O)c1cncc([C@@H]2CCN2)c1. The molecule has 1 aromatic heterocycles. The number of carboxylic acids is 1. The molecule has 0 radical (unpaired) electrons. The van der Waals surface area contributed by atoms with Gasteiger partial charge in [-0.2, -0.15) is 0 Å². The third kappa shape index (κ3) is 1.53. The number of hydrogen-bond donors (Lipinski definition) is 2. The van der Waals surface area contributed by atoms with Crippen LogP contribution < -0.4 is 5.32 Å². The fraction of sp³-hybridized carbons (Fsp3) is 0.333. The van der Waals surface area contributed by atoms with E-state index in [1.54, 1.807) is 12.3 Å². The molecule has 4 nitrogen and oxygen atoms in total. The molecule has 2 N–H and O–H groups in total.